The maximum atomic E-state index is 12.6. The number of anilines is 1. The van der Waals surface area contributed by atoms with Gasteiger partial charge in [0.2, 0.25) is 10.0 Å². The predicted molar refractivity (Wildman–Crippen MR) is 85.7 cm³/mol. The van der Waals surface area contributed by atoms with Gasteiger partial charge in [0.1, 0.15) is 16.5 Å². The number of piperazine rings is 1. The van der Waals surface area contributed by atoms with E-state index in [-0.39, 0.29) is 4.90 Å². The molecule has 8 nitrogen and oxygen atoms in total. The Hall–Kier alpha value is -2.00. The zero-order valence-corrected chi connectivity index (χ0v) is 14.3. The average molecular weight is 336 g/mol. The van der Waals surface area contributed by atoms with Crippen molar-refractivity contribution in [2.24, 2.45) is 7.05 Å². The molecule has 1 aliphatic rings. The number of aromatic nitrogens is 4. The van der Waals surface area contributed by atoms with Crippen LogP contribution in [0.3, 0.4) is 0 Å². The Kier molecular flexibility index (Phi) is 4.07. The van der Waals surface area contributed by atoms with Gasteiger partial charge in [0.05, 0.1) is 6.20 Å². The summed E-state index contributed by atoms with van der Waals surface area (Å²) in [5.41, 5.74) is 0.915. The van der Waals surface area contributed by atoms with Crippen molar-refractivity contribution in [1.29, 1.82) is 0 Å². The molecular weight excluding hydrogens is 316 g/mol. The third-order valence-corrected chi connectivity index (χ3v) is 5.69. The van der Waals surface area contributed by atoms with Crippen LogP contribution >= 0.6 is 0 Å². The first kappa shape index (κ1) is 15.9. The molecule has 0 N–H and O–H groups in total. The van der Waals surface area contributed by atoms with E-state index in [0.717, 1.165) is 17.3 Å². The molecule has 0 radical (unpaired) electrons. The normalized spacial score (nSPS) is 16.7. The van der Waals surface area contributed by atoms with Crippen molar-refractivity contribution >= 4 is 15.8 Å². The first-order valence-electron chi connectivity index (χ1n) is 7.42. The zero-order valence-electron chi connectivity index (χ0n) is 13.5. The van der Waals surface area contributed by atoms with E-state index in [1.165, 1.54) is 21.4 Å². The second kappa shape index (κ2) is 5.89. The van der Waals surface area contributed by atoms with Gasteiger partial charge in [-0.25, -0.2) is 18.4 Å². The van der Waals surface area contributed by atoms with Gasteiger partial charge in [-0.05, 0) is 13.8 Å². The molecule has 23 heavy (non-hydrogen) atoms. The Bertz CT molecular complexity index is 788. The minimum absolute atomic E-state index is 0.238. The molecule has 0 aromatic carbocycles. The molecule has 3 rings (SSSR count). The van der Waals surface area contributed by atoms with Crippen LogP contribution in [0.25, 0.3) is 0 Å². The SMILES string of the molecule is Cc1cc(N2CCN(S(=O)(=O)c3cnn(C)c3)CC2)nc(C)n1. The molecular formula is C14H20N6O2S. The topological polar surface area (TPSA) is 84.2 Å². The van der Waals surface area contributed by atoms with Crippen molar-refractivity contribution in [2.75, 3.05) is 31.1 Å². The summed E-state index contributed by atoms with van der Waals surface area (Å²) < 4.78 is 28.2. The lowest BCUT2D eigenvalue weighted by Crippen LogP contribution is -2.49. The Balaban J connectivity index is 1.73. The summed E-state index contributed by atoms with van der Waals surface area (Å²) in [6.07, 6.45) is 2.91. The second-order valence-electron chi connectivity index (χ2n) is 5.66. The molecule has 0 unspecified atom stereocenters. The van der Waals surface area contributed by atoms with Crippen molar-refractivity contribution in [1.82, 2.24) is 24.1 Å². The highest BCUT2D eigenvalue weighted by molar-refractivity contribution is 7.89. The molecule has 124 valence electrons. The van der Waals surface area contributed by atoms with Gasteiger partial charge in [0.25, 0.3) is 0 Å². The molecule has 1 fully saturated rings. The first-order valence-corrected chi connectivity index (χ1v) is 8.86. The van der Waals surface area contributed by atoms with Crippen LogP contribution in [0.15, 0.2) is 23.4 Å². The fraction of sp³-hybridized carbons (Fsp3) is 0.500. The quantitative estimate of drug-likeness (QED) is 0.803. The number of aryl methyl sites for hydroxylation is 3. The summed E-state index contributed by atoms with van der Waals surface area (Å²) in [7, 11) is -1.77. The van der Waals surface area contributed by atoms with Gasteiger partial charge in [-0.2, -0.15) is 9.40 Å². The average Bonchev–Trinajstić information content (AvgIpc) is 2.94. The summed E-state index contributed by atoms with van der Waals surface area (Å²) in [5.74, 6) is 1.58. The third-order valence-electron chi connectivity index (χ3n) is 3.83. The molecule has 0 aliphatic carbocycles. The fourth-order valence-electron chi connectivity index (χ4n) is 2.70. The molecule has 2 aromatic rings. The smallest absolute Gasteiger partial charge is 0.246 e. The van der Waals surface area contributed by atoms with E-state index in [1.807, 2.05) is 19.9 Å². The van der Waals surface area contributed by atoms with Gasteiger partial charge >= 0.3 is 0 Å². The minimum Gasteiger partial charge on any atom is -0.354 e. The van der Waals surface area contributed by atoms with Gasteiger partial charge in [-0.15, -0.1) is 0 Å². The molecule has 0 saturated carbocycles. The summed E-state index contributed by atoms with van der Waals surface area (Å²) in [4.78, 5) is 11.0. The van der Waals surface area contributed by atoms with Crippen molar-refractivity contribution in [2.45, 2.75) is 18.7 Å². The first-order chi connectivity index (χ1) is 10.9. The zero-order chi connectivity index (χ0) is 16.6. The van der Waals surface area contributed by atoms with E-state index >= 15 is 0 Å². The van der Waals surface area contributed by atoms with Crippen LogP contribution in [-0.2, 0) is 17.1 Å². The van der Waals surface area contributed by atoms with Crippen LogP contribution < -0.4 is 4.90 Å². The van der Waals surface area contributed by atoms with Crippen LogP contribution in [0.5, 0.6) is 0 Å². The fourth-order valence-corrected chi connectivity index (χ4v) is 4.11. The maximum absolute atomic E-state index is 12.6. The van der Waals surface area contributed by atoms with Crippen LogP contribution in [-0.4, -0.2) is 58.7 Å². The Labute approximate surface area is 135 Å². The van der Waals surface area contributed by atoms with Crippen molar-refractivity contribution in [3.63, 3.8) is 0 Å². The summed E-state index contributed by atoms with van der Waals surface area (Å²) in [5, 5.41) is 3.94. The van der Waals surface area contributed by atoms with Crippen LogP contribution in [0.2, 0.25) is 0 Å². The molecule has 0 bridgehead atoms. The summed E-state index contributed by atoms with van der Waals surface area (Å²) >= 11 is 0. The lowest BCUT2D eigenvalue weighted by Gasteiger charge is -2.34. The molecule has 9 heteroatoms. The second-order valence-corrected chi connectivity index (χ2v) is 7.59. The van der Waals surface area contributed by atoms with Crippen LogP contribution in [0, 0.1) is 13.8 Å². The Morgan fingerprint density at radius 2 is 1.78 bits per heavy atom. The standard InChI is InChI=1S/C14H20N6O2S/c1-11-8-14(17-12(2)16-11)19-4-6-20(7-5-19)23(21,22)13-9-15-18(3)10-13/h8-10H,4-7H2,1-3H3. The molecule has 0 atom stereocenters. The molecule has 3 heterocycles. The van der Waals surface area contributed by atoms with E-state index in [0.29, 0.717) is 26.2 Å². The lowest BCUT2D eigenvalue weighted by atomic mass is 10.3. The minimum atomic E-state index is -3.47. The molecule has 0 amide bonds. The van der Waals surface area contributed by atoms with Gasteiger partial charge in [0, 0.05) is 51.2 Å². The van der Waals surface area contributed by atoms with Crippen LogP contribution in [0.1, 0.15) is 11.5 Å². The van der Waals surface area contributed by atoms with E-state index in [1.54, 1.807) is 7.05 Å². The highest BCUT2D eigenvalue weighted by atomic mass is 32.2. The van der Waals surface area contributed by atoms with Crippen LogP contribution in [0.4, 0.5) is 5.82 Å². The van der Waals surface area contributed by atoms with E-state index in [9.17, 15) is 8.42 Å². The van der Waals surface area contributed by atoms with Crippen molar-refractivity contribution in [3.8, 4) is 0 Å². The van der Waals surface area contributed by atoms with Gasteiger partial charge < -0.3 is 4.90 Å². The van der Waals surface area contributed by atoms with E-state index < -0.39 is 10.0 Å². The largest absolute Gasteiger partial charge is 0.354 e. The van der Waals surface area contributed by atoms with Crippen molar-refractivity contribution in [3.05, 3.63) is 30.0 Å². The van der Waals surface area contributed by atoms with Crippen molar-refractivity contribution < 1.29 is 8.42 Å². The summed E-state index contributed by atoms with van der Waals surface area (Å²) in [6.45, 7) is 5.87. The molecule has 1 aliphatic heterocycles. The van der Waals surface area contributed by atoms with E-state index in [2.05, 4.69) is 20.0 Å². The molecule has 0 spiro atoms. The third kappa shape index (κ3) is 3.20. The highest BCUT2D eigenvalue weighted by Crippen LogP contribution is 2.20. The monoisotopic (exact) mass is 336 g/mol. The highest BCUT2D eigenvalue weighted by Gasteiger charge is 2.29. The molecule has 1 saturated heterocycles. The summed E-state index contributed by atoms with van der Waals surface area (Å²) in [6, 6.07) is 1.93. The number of hydrogen-bond donors (Lipinski definition) is 0. The van der Waals surface area contributed by atoms with Gasteiger partial charge in [0.15, 0.2) is 0 Å². The maximum Gasteiger partial charge on any atom is 0.246 e. The number of sulfonamides is 1. The predicted octanol–water partition coefficient (Wildman–Crippen LogP) is 0.338. The van der Waals surface area contributed by atoms with Gasteiger partial charge in [-0.3, -0.25) is 4.68 Å². The molecule has 2 aromatic heterocycles. The number of nitrogens with zero attached hydrogens (tertiary/aromatic N) is 6. The number of rotatable bonds is 3. The lowest BCUT2D eigenvalue weighted by molar-refractivity contribution is 0.383. The van der Waals surface area contributed by atoms with E-state index in [4.69, 9.17) is 0 Å². The number of hydrogen-bond acceptors (Lipinski definition) is 6. The Morgan fingerprint density at radius 3 is 2.35 bits per heavy atom. The Morgan fingerprint density at radius 1 is 1.09 bits per heavy atom. The van der Waals surface area contributed by atoms with Gasteiger partial charge in [-0.1, -0.05) is 0 Å².